The molecule has 1 aromatic carbocycles. The van der Waals surface area contributed by atoms with Crippen molar-refractivity contribution in [2.24, 2.45) is 7.05 Å². The van der Waals surface area contributed by atoms with Crippen LogP contribution < -0.4 is 5.69 Å². The van der Waals surface area contributed by atoms with E-state index < -0.39 is 0 Å². The van der Waals surface area contributed by atoms with Crippen molar-refractivity contribution in [1.82, 2.24) is 19.1 Å². The average Bonchev–Trinajstić information content (AvgIpc) is 2.72. The molecule has 2 heterocycles. The molecule has 19 heavy (non-hydrogen) atoms. The highest BCUT2D eigenvalue weighted by atomic mass is 16.1. The summed E-state index contributed by atoms with van der Waals surface area (Å²) < 4.78 is 3.21. The summed E-state index contributed by atoms with van der Waals surface area (Å²) in [6.07, 6.45) is 3.20. The molecule has 0 radical (unpaired) electrons. The van der Waals surface area contributed by atoms with Crippen LogP contribution in [0.1, 0.15) is 18.5 Å². The fourth-order valence-corrected chi connectivity index (χ4v) is 2.30. The summed E-state index contributed by atoms with van der Waals surface area (Å²) in [7, 11) is 1.72. The van der Waals surface area contributed by atoms with E-state index in [0.29, 0.717) is 11.3 Å². The van der Waals surface area contributed by atoms with Gasteiger partial charge < -0.3 is 0 Å². The molecular weight excluding hydrogens is 240 g/mol. The van der Waals surface area contributed by atoms with Crippen LogP contribution in [0.4, 0.5) is 0 Å². The van der Waals surface area contributed by atoms with E-state index in [2.05, 4.69) is 9.97 Å². The molecule has 0 amide bonds. The zero-order valence-corrected chi connectivity index (χ0v) is 10.8. The largest absolute Gasteiger partial charge is 0.331 e. The van der Waals surface area contributed by atoms with Gasteiger partial charge in [0.2, 0.25) is 0 Å². The normalized spacial score (nSPS) is 12.7. The smallest absolute Gasteiger partial charge is 0.278 e. The Morgan fingerprint density at radius 2 is 1.68 bits per heavy atom. The first-order chi connectivity index (χ1) is 9.20. The van der Waals surface area contributed by atoms with Crippen LogP contribution in [0.2, 0.25) is 0 Å². The van der Waals surface area contributed by atoms with Gasteiger partial charge in [0.25, 0.3) is 0 Å². The third-order valence-electron chi connectivity index (χ3n) is 3.37. The molecule has 0 aliphatic rings. The fraction of sp³-hybridized carbons (Fsp3) is 0.214. The molecule has 0 saturated heterocycles. The van der Waals surface area contributed by atoms with Gasteiger partial charge in [-0.2, -0.15) is 0 Å². The van der Waals surface area contributed by atoms with Gasteiger partial charge in [0, 0.05) is 19.4 Å². The van der Waals surface area contributed by atoms with Crippen molar-refractivity contribution in [2.45, 2.75) is 13.0 Å². The van der Waals surface area contributed by atoms with E-state index in [1.807, 2.05) is 37.3 Å². The number of nitrogens with zero attached hydrogens (tertiary/aromatic N) is 4. The minimum Gasteiger partial charge on any atom is -0.278 e. The Balaban J connectivity index is 2.26. The van der Waals surface area contributed by atoms with Crippen LogP contribution in [-0.2, 0) is 7.05 Å². The Bertz CT molecular complexity index is 773. The summed E-state index contributed by atoms with van der Waals surface area (Å²) in [6, 6.07) is 9.83. The first-order valence-electron chi connectivity index (χ1n) is 6.13. The fourth-order valence-electron chi connectivity index (χ4n) is 2.30. The van der Waals surface area contributed by atoms with Crippen LogP contribution in [0.25, 0.3) is 11.3 Å². The van der Waals surface area contributed by atoms with E-state index in [1.165, 1.54) is 4.57 Å². The zero-order valence-electron chi connectivity index (χ0n) is 10.8. The summed E-state index contributed by atoms with van der Waals surface area (Å²) >= 11 is 0. The van der Waals surface area contributed by atoms with Crippen LogP contribution in [0.15, 0.2) is 47.5 Å². The quantitative estimate of drug-likeness (QED) is 0.700. The standard InChI is InChI=1S/C14H14N4O/c1-10(11-6-4-3-5-7-11)18-13-12(15-8-9-16-13)17(2)14(18)19/h3-10H,1-2H3/t10-/m0/s1. The van der Waals surface area contributed by atoms with Gasteiger partial charge >= 0.3 is 5.69 Å². The first kappa shape index (κ1) is 11.6. The number of hydrogen-bond acceptors (Lipinski definition) is 3. The molecule has 0 aliphatic carbocycles. The minimum absolute atomic E-state index is 0.0749. The Labute approximate surface area is 110 Å². The first-order valence-corrected chi connectivity index (χ1v) is 6.13. The second-order valence-corrected chi connectivity index (χ2v) is 4.50. The molecular formula is C14H14N4O. The lowest BCUT2D eigenvalue weighted by Crippen LogP contribution is -2.25. The molecule has 5 nitrogen and oxygen atoms in total. The maximum absolute atomic E-state index is 12.3. The van der Waals surface area contributed by atoms with Crippen molar-refractivity contribution < 1.29 is 0 Å². The maximum Gasteiger partial charge on any atom is 0.331 e. The van der Waals surface area contributed by atoms with E-state index in [0.717, 1.165) is 5.56 Å². The van der Waals surface area contributed by atoms with Crippen molar-refractivity contribution in [3.8, 4) is 0 Å². The van der Waals surface area contributed by atoms with Gasteiger partial charge in [-0.1, -0.05) is 30.3 Å². The van der Waals surface area contributed by atoms with Crippen molar-refractivity contribution in [3.63, 3.8) is 0 Å². The molecule has 0 bridgehead atoms. The number of imidazole rings is 1. The highest BCUT2D eigenvalue weighted by Gasteiger charge is 2.18. The third kappa shape index (κ3) is 1.74. The molecule has 2 aromatic heterocycles. The number of benzene rings is 1. The van der Waals surface area contributed by atoms with Crippen molar-refractivity contribution >= 4 is 11.3 Å². The highest BCUT2D eigenvalue weighted by molar-refractivity contribution is 5.66. The Morgan fingerprint density at radius 3 is 2.37 bits per heavy atom. The van der Waals surface area contributed by atoms with E-state index >= 15 is 0 Å². The average molecular weight is 254 g/mol. The summed E-state index contributed by atoms with van der Waals surface area (Å²) in [5.74, 6) is 0. The van der Waals surface area contributed by atoms with E-state index in [4.69, 9.17) is 0 Å². The number of fused-ring (bicyclic) bond motifs is 1. The molecule has 0 spiro atoms. The number of aromatic nitrogens is 4. The molecule has 3 rings (SSSR count). The molecule has 0 aliphatic heterocycles. The second-order valence-electron chi connectivity index (χ2n) is 4.50. The third-order valence-corrected chi connectivity index (χ3v) is 3.37. The van der Waals surface area contributed by atoms with Gasteiger partial charge in [0.15, 0.2) is 11.3 Å². The van der Waals surface area contributed by atoms with Gasteiger partial charge in [-0.25, -0.2) is 14.8 Å². The van der Waals surface area contributed by atoms with E-state index in [1.54, 1.807) is 24.0 Å². The Hall–Kier alpha value is -2.43. The van der Waals surface area contributed by atoms with Crippen molar-refractivity contribution in [1.29, 1.82) is 0 Å². The molecule has 96 valence electrons. The van der Waals surface area contributed by atoms with Crippen LogP contribution in [0, 0.1) is 0 Å². The molecule has 1 atom stereocenters. The Morgan fingerprint density at radius 1 is 1.05 bits per heavy atom. The predicted molar refractivity (Wildman–Crippen MR) is 73.0 cm³/mol. The van der Waals surface area contributed by atoms with Crippen LogP contribution in [0.5, 0.6) is 0 Å². The number of hydrogen-bond donors (Lipinski definition) is 0. The number of rotatable bonds is 2. The Kier molecular flexibility index (Phi) is 2.67. The maximum atomic E-state index is 12.3. The lowest BCUT2D eigenvalue weighted by Gasteiger charge is -2.12. The van der Waals surface area contributed by atoms with Gasteiger partial charge in [0.05, 0.1) is 6.04 Å². The number of aryl methyl sites for hydroxylation is 1. The SMILES string of the molecule is C[C@@H](c1ccccc1)n1c(=O)n(C)c2nccnc21. The minimum atomic E-state index is -0.0995. The van der Waals surface area contributed by atoms with Crippen LogP contribution >= 0.6 is 0 Å². The summed E-state index contributed by atoms with van der Waals surface area (Å²) in [5, 5.41) is 0. The lowest BCUT2D eigenvalue weighted by molar-refractivity contribution is 0.612. The zero-order chi connectivity index (χ0) is 13.4. The van der Waals surface area contributed by atoms with Crippen LogP contribution in [-0.4, -0.2) is 19.1 Å². The van der Waals surface area contributed by atoms with Gasteiger partial charge in [-0.3, -0.25) is 9.13 Å². The van der Waals surface area contributed by atoms with Gasteiger partial charge in [-0.15, -0.1) is 0 Å². The second kappa shape index (κ2) is 4.35. The molecule has 5 heteroatoms. The van der Waals surface area contributed by atoms with E-state index in [-0.39, 0.29) is 11.7 Å². The molecule has 0 fully saturated rings. The predicted octanol–water partition coefficient (Wildman–Crippen LogP) is 1.74. The summed E-state index contributed by atoms with van der Waals surface area (Å²) in [5.41, 5.74) is 2.20. The monoisotopic (exact) mass is 254 g/mol. The molecule has 0 saturated carbocycles. The van der Waals surface area contributed by atoms with Gasteiger partial charge in [-0.05, 0) is 12.5 Å². The molecule has 0 unspecified atom stereocenters. The van der Waals surface area contributed by atoms with E-state index in [9.17, 15) is 4.79 Å². The van der Waals surface area contributed by atoms with Crippen LogP contribution in [0.3, 0.4) is 0 Å². The summed E-state index contributed by atoms with van der Waals surface area (Å²) in [4.78, 5) is 20.9. The highest BCUT2D eigenvalue weighted by Crippen LogP contribution is 2.19. The summed E-state index contributed by atoms with van der Waals surface area (Å²) in [6.45, 7) is 1.99. The molecule has 0 N–H and O–H groups in total. The van der Waals surface area contributed by atoms with Crippen molar-refractivity contribution in [2.75, 3.05) is 0 Å². The molecule has 3 aromatic rings. The lowest BCUT2D eigenvalue weighted by atomic mass is 10.1. The van der Waals surface area contributed by atoms with Gasteiger partial charge in [0.1, 0.15) is 0 Å². The van der Waals surface area contributed by atoms with Crippen molar-refractivity contribution in [3.05, 3.63) is 58.8 Å². The topological polar surface area (TPSA) is 52.7 Å².